The molecule has 0 aliphatic heterocycles. The van der Waals surface area contributed by atoms with E-state index in [1.54, 1.807) is 0 Å². The lowest BCUT2D eigenvalue weighted by Gasteiger charge is -2.28. The van der Waals surface area contributed by atoms with Crippen molar-refractivity contribution in [3.8, 4) is 0 Å². The van der Waals surface area contributed by atoms with E-state index in [4.69, 9.17) is 0 Å². The molecule has 2 heteroatoms. The van der Waals surface area contributed by atoms with Crippen molar-refractivity contribution in [3.05, 3.63) is 35.8 Å². The topological polar surface area (TPSA) is 37.3 Å². The maximum Gasteiger partial charge on any atom is 0.138 e. The van der Waals surface area contributed by atoms with Crippen molar-refractivity contribution in [2.24, 2.45) is 54.1 Å². The highest BCUT2D eigenvalue weighted by atomic mass is 16.3. The zero-order valence-corrected chi connectivity index (χ0v) is 45.2. The summed E-state index contributed by atoms with van der Waals surface area (Å²) in [5.74, 6) is 0.373. The summed E-state index contributed by atoms with van der Waals surface area (Å²) in [6, 6.07) is 0. The SMILES string of the molecule is CC(C)(C)C=C=CC(C)(C)C.CC(C)(C)C=C=CC(C)(C)C.CC(C)(C)CCC(=O)C(C)(C)C.CC(C)(C)CCC(O)C(C)(C)C.CC(C)(C)CCCC(C)(C)C. The van der Waals surface area contributed by atoms with E-state index in [9.17, 15) is 9.90 Å². The second kappa shape index (κ2) is 26.1. The number of aliphatic hydroxyl groups excluding tert-OH is 1. The van der Waals surface area contributed by atoms with Gasteiger partial charge in [0.2, 0.25) is 0 Å². The second-order valence-electron chi connectivity index (χ2n) is 28.1. The Morgan fingerprint density at radius 1 is 0.421 bits per heavy atom. The maximum atomic E-state index is 11.5. The van der Waals surface area contributed by atoms with Gasteiger partial charge in [0.05, 0.1) is 6.10 Å². The van der Waals surface area contributed by atoms with Crippen LogP contribution in [0.1, 0.15) is 253 Å². The molecule has 0 saturated heterocycles. The van der Waals surface area contributed by atoms with Gasteiger partial charge < -0.3 is 5.11 Å². The molecule has 0 radical (unpaired) electrons. The monoisotopic (exact) mass is 803 g/mol. The average Bonchev–Trinajstić information content (AvgIpc) is 2.85. The quantitative estimate of drug-likeness (QED) is 0.272. The number of allylic oxidation sites excluding steroid dienone is 2. The molecule has 0 fully saturated rings. The minimum Gasteiger partial charge on any atom is -0.393 e. The van der Waals surface area contributed by atoms with E-state index in [-0.39, 0.29) is 44.0 Å². The molecule has 0 aliphatic carbocycles. The van der Waals surface area contributed by atoms with Crippen LogP contribution in [0.3, 0.4) is 0 Å². The van der Waals surface area contributed by atoms with Gasteiger partial charge in [-0.3, -0.25) is 4.79 Å². The summed E-state index contributed by atoms with van der Waals surface area (Å²) in [4.78, 5) is 11.5. The first-order chi connectivity index (χ1) is 24.4. The number of hydrogen-bond acceptors (Lipinski definition) is 2. The molecular formula is C55H110O2. The summed E-state index contributed by atoms with van der Waals surface area (Å²) < 4.78 is 0. The van der Waals surface area contributed by atoms with E-state index in [0.717, 1.165) is 19.3 Å². The first-order valence-corrected chi connectivity index (χ1v) is 22.5. The van der Waals surface area contributed by atoms with Gasteiger partial charge in [0.25, 0.3) is 0 Å². The number of ketones is 1. The maximum absolute atomic E-state index is 11.5. The Hall–Kier alpha value is -1.33. The average molecular weight is 803 g/mol. The van der Waals surface area contributed by atoms with Crippen LogP contribution in [0.25, 0.3) is 0 Å². The normalized spacial score (nSPS) is 13.5. The number of Topliss-reactive ketones (excluding diaryl/α,β-unsaturated/α-hetero) is 1. The summed E-state index contributed by atoms with van der Waals surface area (Å²) in [5.41, 5.74) is 8.97. The molecular weight excluding hydrogens is 693 g/mol. The summed E-state index contributed by atoms with van der Waals surface area (Å²) >= 11 is 0. The number of carbonyl (C=O) groups excluding carboxylic acids is 1. The Morgan fingerprint density at radius 3 is 0.842 bits per heavy atom. The zero-order valence-electron chi connectivity index (χ0n) is 45.2. The van der Waals surface area contributed by atoms with Gasteiger partial charge in [0.15, 0.2) is 0 Å². The highest BCUT2D eigenvalue weighted by Crippen LogP contribution is 2.29. The van der Waals surface area contributed by atoms with E-state index in [1.807, 2.05) is 20.8 Å². The summed E-state index contributed by atoms with van der Waals surface area (Å²) in [6.45, 7) is 65.4. The molecule has 0 bridgehead atoms. The van der Waals surface area contributed by atoms with Crippen LogP contribution in [0.15, 0.2) is 35.8 Å². The Kier molecular flexibility index (Phi) is 29.7. The molecule has 2 nitrogen and oxygen atoms in total. The third kappa shape index (κ3) is 69.6. The van der Waals surface area contributed by atoms with Gasteiger partial charge in [-0.05, 0) is 105 Å². The highest BCUT2D eigenvalue weighted by Gasteiger charge is 2.24. The highest BCUT2D eigenvalue weighted by molar-refractivity contribution is 5.83. The van der Waals surface area contributed by atoms with Crippen LogP contribution in [0.5, 0.6) is 0 Å². The van der Waals surface area contributed by atoms with Gasteiger partial charge in [-0.15, -0.1) is 11.5 Å². The summed E-state index contributed by atoms with van der Waals surface area (Å²) in [6.07, 6.45) is 16.0. The minimum atomic E-state index is -0.170. The van der Waals surface area contributed by atoms with Gasteiger partial charge in [-0.2, -0.15) is 0 Å². The van der Waals surface area contributed by atoms with Crippen molar-refractivity contribution in [1.29, 1.82) is 0 Å². The lowest BCUT2D eigenvalue weighted by molar-refractivity contribution is -0.126. The molecule has 0 saturated carbocycles. The smallest absolute Gasteiger partial charge is 0.138 e. The van der Waals surface area contributed by atoms with E-state index in [1.165, 1.54) is 19.3 Å². The lowest BCUT2D eigenvalue weighted by Crippen LogP contribution is -2.27. The van der Waals surface area contributed by atoms with Crippen LogP contribution < -0.4 is 0 Å². The lowest BCUT2D eigenvalue weighted by atomic mass is 9.81. The van der Waals surface area contributed by atoms with Crippen LogP contribution in [-0.2, 0) is 4.79 Å². The predicted octanol–water partition coefficient (Wildman–Crippen LogP) is 18.5. The van der Waals surface area contributed by atoms with Crippen LogP contribution >= 0.6 is 0 Å². The fourth-order valence-corrected chi connectivity index (χ4v) is 4.10. The van der Waals surface area contributed by atoms with E-state index < -0.39 is 0 Å². The number of hydrogen-bond donors (Lipinski definition) is 1. The van der Waals surface area contributed by atoms with Gasteiger partial charge in [-0.1, -0.05) is 214 Å². The molecule has 57 heavy (non-hydrogen) atoms. The molecule has 342 valence electrons. The molecule has 0 aromatic heterocycles. The molecule has 0 amide bonds. The second-order valence-corrected chi connectivity index (χ2v) is 28.1. The van der Waals surface area contributed by atoms with Gasteiger partial charge in [0, 0.05) is 11.8 Å². The van der Waals surface area contributed by atoms with Crippen molar-refractivity contribution in [2.75, 3.05) is 0 Å². The molecule has 1 N–H and O–H groups in total. The standard InChI is InChI=1S/C11H24O.C11H22O.C11H24.2C11H20/c2*1-10(2,3)8-7-9(12)11(4,5)6;3*1-10(2,3)8-7-9-11(4,5)6/h9,12H,7-8H2,1-6H3;7-8H2,1-6H3;7-9H2,1-6H3;2*8-9H,1-6H3. The van der Waals surface area contributed by atoms with Crippen molar-refractivity contribution < 1.29 is 9.90 Å². The fraction of sp³-hybridized carbons (Fsp3) is 0.873. The molecule has 0 aromatic rings. The molecule has 1 unspecified atom stereocenters. The van der Waals surface area contributed by atoms with Crippen molar-refractivity contribution in [2.45, 2.75) is 259 Å². The largest absolute Gasteiger partial charge is 0.393 e. The Balaban J connectivity index is -0.000000198. The first-order valence-electron chi connectivity index (χ1n) is 22.5. The predicted molar refractivity (Wildman–Crippen MR) is 263 cm³/mol. The van der Waals surface area contributed by atoms with Crippen LogP contribution in [-0.4, -0.2) is 17.0 Å². The van der Waals surface area contributed by atoms with E-state index in [2.05, 4.69) is 223 Å². The first kappa shape index (κ1) is 64.8. The van der Waals surface area contributed by atoms with Gasteiger partial charge in [-0.25, -0.2) is 0 Å². The van der Waals surface area contributed by atoms with Crippen LogP contribution in [0.4, 0.5) is 0 Å². The number of carbonyl (C=O) groups is 1. The molecule has 0 aliphatic rings. The van der Waals surface area contributed by atoms with Crippen molar-refractivity contribution in [3.63, 3.8) is 0 Å². The Labute approximate surface area is 363 Å². The molecule has 0 rings (SSSR count). The molecule has 0 spiro atoms. The minimum absolute atomic E-state index is 0.0330. The summed E-state index contributed by atoms with van der Waals surface area (Å²) in [7, 11) is 0. The third-order valence-electron chi connectivity index (χ3n) is 8.02. The zero-order chi connectivity index (χ0) is 47.3. The van der Waals surface area contributed by atoms with Gasteiger partial charge >= 0.3 is 0 Å². The Bertz CT molecular complexity index is 1060. The summed E-state index contributed by atoms with van der Waals surface area (Å²) in [5, 5.41) is 9.75. The van der Waals surface area contributed by atoms with Crippen LogP contribution in [0, 0.1) is 54.1 Å². The number of aliphatic hydroxyl groups is 1. The molecule has 0 aromatic carbocycles. The van der Waals surface area contributed by atoms with Gasteiger partial charge in [0.1, 0.15) is 5.78 Å². The fourth-order valence-electron chi connectivity index (χ4n) is 4.10. The van der Waals surface area contributed by atoms with E-state index in [0.29, 0.717) is 28.4 Å². The van der Waals surface area contributed by atoms with Crippen molar-refractivity contribution in [1.82, 2.24) is 0 Å². The molecule has 0 heterocycles. The Morgan fingerprint density at radius 2 is 0.667 bits per heavy atom. The van der Waals surface area contributed by atoms with Crippen LogP contribution in [0.2, 0.25) is 0 Å². The van der Waals surface area contributed by atoms with E-state index >= 15 is 0 Å². The van der Waals surface area contributed by atoms with Crippen molar-refractivity contribution >= 4 is 5.78 Å². The molecule has 1 atom stereocenters. The third-order valence-corrected chi connectivity index (χ3v) is 8.02. The number of rotatable bonds is 6.